The van der Waals surface area contributed by atoms with Gasteiger partial charge in [-0.3, -0.25) is 9.59 Å². The molecule has 0 aromatic heterocycles. The third-order valence-corrected chi connectivity index (χ3v) is 6.78. The predicted octanol–water partition coefficient (Wildman–Crippen LogP) is 3.42. The van der Waals surface area contributed by atoms with Crippen molar-refractivity contribution in [1.82, 2.24) is 10.2 Å². The summed E-state index contributed by atoms with van der Waals surface area (Å²) in [6, 6.07) is 9.66. The molecule has 2 aromatic carbocycles. The number of aliphatic hydroxyl groups is 1. The normalized spacial score (nSPS) is 21.1. The number of amides is 2. The molecule has 0 radical (unpaired) electrons. The number of hydrogen-bond acceptors (Lipinski definition) is 7. The van der Waals surface area contributed by atoms with Gasteiger partial charge in [0.2, 0.25) is 5.91 Å². The Morgan fingerprint density at radius 2 is 1.69 bits per heavy atom. The molecule has 2 amide bonds. The number of carbonyl (C=O) groups is 2. The zero-order valence-corrected chi connectivity index (χ0v) is 21.1. The number of ether oxygens (including phenoxy) is 4. The van der Waals surface area contributed by atoms with Crippen molar-refractivity contribution in [2.24, 2.45) is 0 Å². The van der Waals surface area contributed by atoms with E-state index < -0.39 is 11.9 Å². The highest BCUT2D eigenvalue weighted by molar-refractivity contribution is 6.32. The van der Waals surface area contributed by atoms with E-state index in [2.05, 4.69) is 5.32 Å². The summed E-state index contributed by atoms with van der Waals surface area (Å²) in [5.41, 5.74) is 1.87. The Kier molecular flexibility index (Phi) is 8.68. The lowest BCUT2D eigenvalue weighted by Gasteiger charge is -2.30. The molecule has 194 valence electrons. The predicted molar refractivity (Wildman–Crippen MR) is 132 cm³/mol. The fourth-order valence-electron chi connectivity index (χ4n) is 4.69. The van der Waals surface area contributed by atoms with Crippen molar-refractivity contribution in [2.75, 3.05) is 27.8 Å². The Hall–Kier alpha value is -2.85. The Morgan fingerprint density at radius 1 is 1.03 bits per heavy atom. The third-order valence-electron chi connectivity index (χ3n) is 6.48. The van der Waals surface area contributed by atoms with Gasteiger partial charge in [-0.05, 0) is 42.9 Å². The number of aliphatic hydroxyl groups excluding tert-OH is 1. The average molecular weight is 519 g/mol. The van der Waals surface area contributed by atoms with Gasteiger partial charge >= 0.3 is 0 Å². The molecule has 10 heteroatoms. The van der Waals surface area contributed by atoms with Crippen LogP contribution in [-0.4, -0.2) is 61.8 Å². The first-order valence-corrected chi connectivity index (χ1v) is 12.2. The Bertz CT molecular complexity index is 1090. The van der Waals surface area contributed by atoms with Crippen molar-refractivity contribution in [1.29, 1.82) is 0 Å². The van der Waals surface area contributed by atoms with Crippen molar-refractivity contribution in [2.45, 2.75) is 50.4 Å². The lowest BCUT2D eigenvalue weighted by molar-refractivity contribution is -0.126. The second kappa shape index (κ2) is 11.9. The number of hydrogen-bond donors (Lipinski definition) is 2. The van der Waals surface area contributed by atoms with Gasteiger partial charge in [-0.15, -0.1) is 0 Å². The summed E-state index contributed by atoms with van der Waals surface area (Å²) in [6.07, 6.45) is 2.36. The van der Waals surface area contributed by atoms with E-state index in [-0.39, 0.29) is 54.5 Å². The quantitative estimate of drug-likeness (QED) is 0.490. The summed E-state index contributed by atoms with van der Waals surface area (Å²) in [5.74, 6) is -0.148. The second-order valence-corrected chi connectivity index (χ2v) is 9.34. The Labute approximate surface area is 215 Å². The molecule has 1 aliphatic heterocycles. The van der Waals surface area contributed by atoms with Crippen LogP contribution in [0, 0.1) is 0 Å². The average Bonchev–Trinajstić information content (AvgIpc) is 3.27. The van der Waals surface area contributed by atoms with E-state index in [4.69, 9.17) is 30.5 Å². The van der Waals surface area contributed by atoms with Crippen molar-refractivity contribution >= 4 is 23.4 Å². The first-order valence-electron chi connectivity index (χ1n) is 11.9. The standard InChI is InChI=1S/C26H31ClN2O7/c1-33-14-35-22-12-23(36-15-34-2)21(27)11-20(22)26(32)29-13-16-5-3-4-6-19(16)24(29)25(31)28-17-7-9-18(30)10-8-17/h3-6,11-12,17-18,24,30H,7-10,13-15H2,1-2H3,(H,28,31). The van der Waals surface area contributed by atoms with E-state index in [1.807, 2.05) is 24.3 Å². The molecule has 1 unspecified atom stereocenters. The van der Waals surface area contributed by atoms with Crippen LogP contribution >= 0.6 is 11.6 Å². The molecular weight excluding hydrogens is 488 g/mol. The molecule has 1 fully saturated rings. The summed E-state index contributed by atoms with van der Waals surface area (Å²) in [4.78, 5) is 28.9. The minimum Gasteiger partial charge on any atom is -0.467 e. The fraction of sp³-hybridized carbons (Fsp3) is 0.462. The zero-order valence-electron chi connectivity index (χ0n) is 20.4. The van der Waals surface area contributed by atoms with Gasteiger partial charge in [-0.2, -0.15) is 0 Å². The van der Waals surface area contributed by atoms with Gasteiger partial charge in [0.15, 0.2) is 13.6 Å². The van der Waals surface area contributed by atoms with Crippen molar-refractivity contribution < 1.29 is 33.6 Å². The molecule has 2 N–H and O–H groups in total. The van der Waals surface area contributed by atoms with E-state index in [0.717, 1.165) is 11.1 Å². The smallest absolute Gasteiger partial charge is 0.258 e. The van der Waals surface area contributed by atoms with E-state index in [1.54, 1.807) is 0 Å². The van der Waals surface area contributed by atoms with Crippen LogP contribution in [-0.2, 0) is 20.8 Å². The van der Waals surface area contributed by atoms with Crippen LogP contribution in [0.3, 0.4) is 0 Å². The molecule has 2 aromatic rings. The molecule has 1 heterocycles. The van der Waals surface area contributed by atoms with Gasteiger partial charge in [-0.25, -0.2) is 0 Å². The monoisotopic (exact) mass is 518 g/mol. The number of halogens is 1. The minimum atomic E-state index is -0.806. The van der Waals surface area contributed by atoms with Gasteiger partial charge in [0, 0.05) is 32.9 Å². The van der Waals surface area contributed by atoms with E-state index in [1.165, 1.54) is 31.3 Å². The summed E-state index contributed by atoms with van der Waals surface area (Å²) in [5, 5.41) is 13.1. The van der Waals surface area contributed by atoms with Crippen molar-refractivity contribution in [3.63, 3.8) is 0 Å². The van der Waals surface area contributed by atoms with Crippen LogP contribution < -0.4 is 14.8 Å². The van der Waals surface area contributed by atoms with Gasteiger partial charge in [0.25, 0.3) is 5.91 Å². The minimum absolute atomic E-state index is 0.0292. The molecule has 36 heavy (non-hydrogen) atoms. The molecule has 9 nitrogen and oxygen atoms in total. The lowest BCUT2D eigenvalue weighted by atomic mass is 9.92. The SMILES string of the molecule is COCOc1cc(OCOC)c(C(=O)N2Cc3ccccc3C2C(=O)NC2CCC(O)CC2)cc1Cl. The molecule has 0 bridgehead atoms. The number of rotatable bonds is 9. The molecule has 1 atom stereocenters. The largest absolute Gasteiger partial charge is 0.467 e. The van der Waals surface area contributed by atoms with Gasteiger partial charge in [-0.1, -0.05) is 35.9 Å². The maximum Gasteiger partial charge on any atom is 0.258 e. The van der Waals surface area contributed by atoms with Crippen LogP contribution in [0.4, 0.5) is 0 Å². The number of benzene rings is 2. The van der Waals surface area contributed by atoms with E-state index in [9.17, 15) is 14.7 Å². The van der Waals surface area contributed by atoms with Crippen LogP contribution in [0.2, 0.25) is 5.02 Å². The molecule has 2 aliphatic rings. The molecule has 4 rings (SSSR count). The van der Waals surface area contributed by atoms with Gasteiger partial charge in [0.05, 0.1) is 16.7 Å². The number of carbonyl (C=O) groups excluding carboxylic acids is 2. The van der Waals surface area contributed by atoms with Gasteiger partial charge in [0.1, 0.15) is 17.5 Å². The molecule has 1 aliphatic carbocycles. The number of nitrogens with zero attached hydrogens (tertiary/aromatic N) is 1. The highest BCUT2D eigenvalue weighted by Gasteiger charge is 2.40. The molecule has 0 saturated heterocycles. The van der Waals surface area contributed by atoms with Crippen LogP contribution in [0.15, 0.2) is 36.4 Å². The highest BCUT2D eigenvalue weighted by atomic mass is 35.5. The summed E-state index contributed by atoms with van der Waals surface area (Å²) in [6.45, 7) is 0.141. The molecule has 0 spiro atoms. The third kappa shape index (κ3) is 5.75. The van der Waals surface area contributed by atoms with Crippen LogP contribution in [0.5, 0.6) is 11.5 Å². The van der Waals surface area contributed by atoms with Gasteiger partial charge < -0.3 is 34.3 Å². The summed E-state index contributed by atoms with van der Waals surface area (Å²) in [7, 11) is 2.96. The fourth-order valence-corrected chi connectivity index (χ4v) is 4.91. The summed E-state index contributed by atoms with van der Waals surface area (Å²) < 4.78 is 21.1. The van der Waals surface area contributed by atoms with Crippen molar-refractivity contribution in [3.05, 3.63) is 58.1 Å². The zero-order chi connectivity index (χ0) is 25.7. The number of nitrogens with one attached hydrogen (secondary N) is 1. The maximum absolute atomic E-state index is 13.9. The topological polar surface area (TPSA) is 107 Å². The highest BCUT2D eigenvalue weighted by Crippen LogP contribution is 2.39. The van der Waals surface area contributed by atoms with Crippen molar-refractivity contribution in [3.8, 4) is 11.5 Å². The second-order valence-electron chi connectivity index (χ2n) is 8.93. The Balaban J connectivity index is 1.64. The number of methoxy groups -OCH3 is 2. The first kappa shape index (κ1) is 26.2. The van der Waals surface area contributed by atoms with E-state index >= 15 is 0 Å². The first-order chi connectivity index (χ1) is 17.4. The lowest BCUT2D eigenvalue weighted by Crippen LogP contribution is -2.45. The maximum atomic E-state index is 13.9. The summed E-state index contributed by atoms with van der Waals surface area (Å²) >= 11 is 6.41. The molecular formula is C26H31ClN2O7. The van der Waals surface area contributed by atoms with Crippen LogP contribution in [0.1, 0.15) is 53.2 Å². The van der Waals surface area contributed by atoms with Crippen LogP contribution in [0.25, 0.3) is 0 Å². The Morgan fingerprint density at radius 3 is 2.39 bits per heavy atom. The molecule has 1 saturated carbocycles. The number of fused-ring (bicyclic) bond motifs is 1. The van der Waals surface area contributed by atoms with E-state index in [0.29, 0.717) is 31.4 Å².